The molecule has 2 aromatic carbocycles. The summed E-state index contributed by atoms with van der Waals surface area (Å²) < 4.78 is 7.26. The quantitative estimate of drug-likeness (QED) is 0.355. The third-order valence-corrected chi connectivity index (χ3v) is 5.46. The minimum atomic E-state index is -0.194. The number of H-pyrrole nitrogens is 1. The molecule has 0 radical (unpaired) electrons. The molecule has 3 N–H and O–H groups in total. The van der Waals surface area contributed by atoms with Gasteiger partial charge in [-0.15, -0.1) is 5.10 Å². The topological polar surface area (TPSA) is 110 Å². The van der Waals surface area contributed by atoms with Gasteiger partial charge in [0.2, 0.25) is 5.95 Å². The van der Waals surface area contributed by atoms with Crippen LogP contribution in [0.1, 0.15) is 44.1 Å². The van der Waals surface area contributed by atoms with Crippen LogP contribution in [-0.4, -0.2) is 44.0 Å². The van der Waals surface area contributed by atoms with Crippen LogP contribution in [0.25, 0.3) is 22.3 Å². The Morgan fingerprint density at radius 3 is 2.67 bits per heavy atom. The van der Waals surface area contributed by atoms with Gasteiger partial charge < -0.3 is 15.4 Å². The summed E-state index contributed by atoms with van der Waals surface area (Å²) in [5, 5.41) is 19.2. The van der Waals surface area contributed by atoms with Gasteiger partial charge in [0.25, 0.3) is 5.91 Å². The summed E-state index contributed by atoms with van der Waals surface area (Å²) in [7, 11) is 1.53. The number of amides is 1. The van der Waals surface area contributed by atoms with E-state index in [1.807, 2.05) is 45.9 Å². The highest BCUT2D eigenvalue weighted by molar-refractivity contribution is 6.38. The minimum Gasteiger partial charge on any atom is -0.496 e. The SMILES string of the molecule is COc1cc(-c2nc(Nc3ccc4[nH]ncc4c3Cl)n(C(C)C)n2)ccc1C(=O)NC(C)C. The van der Waals surface area contributed by atoms with Gasteiger partial charge in [0, 0.05) is 17.0 Å². The van der Waals surface area contributed by atoms with E-state index in [1.165, 1.54) is 7.11 Å². The predicted octanol–water partition coefficient (Wildman–Crippen LogP) is 4.95. The first-order valence-electron chi connectivity index (χ1n) is 10.6. The van der Waals surface area contributed by atoms with Crippen molar-refractivity contribution in [2.45, 2.75) is 39.8 Å². The lowest BCUT2D eigenvalue weighted by atomic mass is 10.1. The number of halogens is 1. The van der Waals surface area contributed by atoms with Crippen molar-refractivity contribution >= 4 is 40.0 Å². The number of aromatic nitrogens is 5. The first kappa shape index (κ1) is 22.6. The fourth-order valence-corrected chi connectivity index (χ4v) is 3.71. The van der Waals surface area contributed by atoms with Crippen LogP contribution in [0.15, 0.2) is 36.5 Å². The van der Waals surface area contributed by atoms with Crippen molar-refractivity contribution < 1.29 is 9.53 Å². The Bertz CT molecular complexity index is 1310. The van der Waals surface area contributed by atoms with Crippen molar-refractivity contribution in [1.29, 1.82) is 0 Å². The Morgan fingerprint density at radius 2 is 1.97 bits per heavy atom. The summed E-state index contributed by atoms with van der Waals surface area (Å²) >= 11 is 6.58. The first-order valence-corrected chi connectivity index (χ1v) is 11.0. The summed E-state index contributed by atoms with van der Waals surface area (Å²) in [6, 6.07) is 9.14. The number of carbonyl (C=O) groups excluding carboxylic acids is 1. The lowest BCUT2D eigenvalue weighted by Gasteiger charge is -2.12. The van der Waals surface area contributed by atoms with Crippen LogP contribution >= 0.6 is 11.6 Å². The average molecular weight is 468 g/mol. The largest absolute Gasteiger partial charge is 0.496 e. The Labute approximate surface area is 196 Å². The maximum atomic E-state index is 12.5. The molecule has 0 aliphatic carbocycles. The molecule has 0 saturated heterocycles. The lowest BCUT2D eigenvalue weighted by Crippen LogP contribution is -2.30. The number of ether oxygens (including phenoxy) is 1. The summed E-state index contributed by atoms with van der Waals surface area (Å²) in [6.45, 7) is 7.85. The van der Waals surface area contributed by atoms with Crippen molar-refractivity contribution in [3.8, 4) is 17.1 Å². The van der Waals surface area contributed by atoms with Gasteiger partial charge in [-0.1, -0.05) is 17.7 Å². The Balaban J connectivity index is 1.70. The summed E-state index contributed by atoms with van der Waals surface area (Å²) in [5.74, 6) is 1.31. The zero-order valence-electron chi connectivity index (χ0n) is 19.1. The molecule has 0 fully saturated rings. The molecule has 1 amide bonds. The third-order valence-electron chi connectivity index (χ3n) is 5.05. The fourth-order valence-electron chi connectivity index (χ4n) is 3.45. The number of nitrogens with zero attached hydrogens (tertiary/aromatic N) is 4. The van der Waals surface area contributed by atoms with Crippen LogP contribution < -0.4 is 15.4 Å². The van der Waals surface area contributed by atoms with Gasteiger partial charge in [-0.2, -0.15) is 10.1 Å². The summed E-state index contributed by atoms with van der Waals surface area (Å²) in [6.07, 6.45) is 1.69. The van der Waals surface area contributed by atoms with Crippen molar-refractivity contribution in [3.63, 3.8) is 0 Å². The average Bonchev–Trinajstić information content (AvgIpc) is 3.42. The maximum Gasteiger partial charge on any atom is 0.255 e. The second kappa shape index (κ2) is 9.11. The number of hydrogen-bond donors (Lipinski definition) is 3. The predicted molar refractivity (Wildman–Crippen MR) is 129 cm³/mol. The number of benzene rings is 2. The second-order valence-corrected chi connectivity index (χ2v) is 8.60. The van der Waals surface area contributed by atoms with Crippen LogP contribution in [0.4, 0.5) is 11.6 Å². The third kappa shape index (κ3) is 4.49. The van der Waals surface area contributed by atoms with E-state index in [4.69, 9.17) is 21.3 Å². The zero-order chi connectivity index (χ0) is 23.7. The number of rotatable bonds is 7. The number of carbonyl (C=O) groups is 1. The van der Waals surface area contributed by atoms with E-state index in [1.54, 1.807) is 23.0 Å². The highest BCUT2D eigenvalue weighted by Crippen LogP contribution is 2.33. The molecule has 0 atom stereocenters. The van der Waals surface area contributed by atoms with Gasteiger partial charge in [0.15, 0.2) is 5.82 Å². The highest BCUT2D eigenvalue weighted by Gasteiger charge is 2.19. The zero-order valence-corrected chi connectivity index (χ0v) is 19.9. The van der Waals surface area contributed by atoms with Gasteiger partial charge in [-0.25, -0.2) is 4.68 Å². The Hall–Kier alpha value is -3.59. The molecule has 0 spiro atoms. The normalized spacial score (nSPS) is 11.4. The van der Waals surface area contributed by atoms with Gasteiger partial charge in [-0.05, 0) is 52.0 Å². The monoisotopic (exact) mass is 467 g/mol. The Kier molecular flexibility index (Phi) is 6.24. The van der Waals surface area contributed by atoms with Crippen molar-refractivity contribution in [3.05, 3.63) is 47.1 Å². The maximum absolute atomic E-state index is 12.5. The molecule has 172 valence electrons. The van der Waals surface area contributed by atoms with Gasteiger partial charge in [0.1, 0.15) is 5.75 Å². The van der Waals surface area contributed by atoms with E-state index in [-0.39, 0.29) is 18.0 Å². The molecule has 4 aromatic rings. The first-order chi connectivity index (χ1) is 15.8. The van der Waals surface area contributed by atoms with Crippen LogP contribution in [0.5, 0.6) is 5.75 Å². The van der Waals surface area contributed by atoms with Crippen molar-refractivity contribution in [1.82, 2.24) is 30.3 Å². The molecule has 0 saturated carbocycles. The highest BCUT2D eigenvalue weighted by atomic mass is 35.5. The number of hydrogen-bond acceptors (Lipinski definition) is 6. The van der Waals surface area contributed by atoms with Gasteiger partial charge in [0.05, 0.1) is 41.1 Å². The molecular formula is C23H26ClN7O2. The van der Waals surface area contributed by atoms with E-state index in [2.05, 4.69) is 25.9 Å². The van der Waals surface area contributed by atoms with E-state index in [0.717, 1.165) is 16.5 Å². The van der Waals surface area contributed by atoms with Crippen LogP contribution in [0.3, 0.4) is 0 Å². The van der Waals surface area contributed by atoms with Gasteiger partial charge in [-0.3, -0.25) is 9.89 Å². The molecule has 4 rings (SSSR count). The molecule has 0 unspecified atom stereocenters. The summed E-state index contributed by atoms with van der Waals surface area (Å²) in [5.41, 5.74) is 2.73. The number of methoxy groups -OCH3 is 1. The number of nitrogens with one attached hydrogen (secondary N) is 3. The van der Waals surface area contributed by atoms with E-state index < -0.39 is 0 Å². The number of aromatic amines is 1. The van der Waals surface area contributed by atoms with E-state index in [9.17, 15) is 4.79 Å². The van der Waals surface area contributed by atoms with E-state index in [0.29, 0.717) is 33.8 Å². The minimum absolute atomic E-state index is 0.0204. The lowest BCUT2D eigenvalue weighted by molar-refractivity contribution is 0.0940. The molecule has 0 bridgehead atoms. The van der Waals surface area contributed by atoms with Crippen molar-refractivity contribution in [2.75, 3.05) is 12.4 Å². The molecule has 2 aromatic heterocycles. The Morgan fingerprint density at radius 1 is 1.18 bits per heavy atom. The van der Waals surface area contributed by atoms with Gasteiger partial charge >= 0.3 is 0 Å². The van der Waals surface area contributed by atoms with Crippen LogP contribution in [0, 0.1) is 0 Å². The van der Waals surface area contributed by atoms with E-state index >= 15 is 0 Å². The van der Waals surface area contributed by atoms with Crippen molar-refractivity contribution in [2.24, 2.45) is 0 Å². The molecule has 0 aliphatic rings. The molecule has 10 heteroatoms. The standard InChI is InChI=1S/C23H26ClN7O2/c1-12(2)26-22(32)15-7-6-14(10-19(15)33-5)21-28-23(31(30-21)13(3)4)27-18-9-8-17-16(20(18)24)11-25-29-17/h6-13H,1-5H3,(H,25,29)(H,26,32)(H,27,28,30). The molecule has 33 heavy (non-hydrogen) atoms. The van der Waals surface area contributed by atoms with Crippen LogP contribution in [0.2, 0.25) is 5.02 Å². The second-order valence-electron chi connectivity index (χ2n) is 8.22. The van der Waals surface area contributed by atoms with Crippen LogP contribution in [-0.2, 0) is 0 Å². The summed E-state index contributed by atoms with van der Waals surface area (Å²) in [4.78, 5) is 17.2. The molecule has 0 aliphatic heterocycles. The fraction of sp³-hybridized carbons (Fsp3) is 0.304. The smallest absolute Gasteiger partial charge is 0.255 e. The molecule has 2 heterocycles. The molecule has 9 nitrogen and oxygen atoms in total. The molecular weight excluding hydrogens is 442 g/mol. The number of fused-ring (bicyclic) bond motifs is 1. The number of anilines is 2.